The third kappa shape index (κ3) is 8.45. The zero-order valence-electron chi connectivity index (χ0n) is 15.4. The summed E-state index contributed by atoms with van der Waals surface area (Å²) in [6.45, 7) is 11.3. The first kappa shape index (κ1) is 22.6. The minimum Gasteiger partial charge on any atom is -0.465 e. The third-order valence-corrected chi connectivity index (χ3v) is 4.16. The number of hydrogen-bond acceptors (Lipinski definition) is 6. The molecule has 3 unspecified atom stereocenters. The van der Waals surface area contributed by atoms with Gasteiger partial charge >= 0.3 is 11.9 Å². The second-order valence-electron chi connectivity index (χ2n) is 7.00. The number of aliphatic hydroxyl groups is 1. The van der Waals surface area contributed by atoms with Crippen LogP contribution in [0.2, 0.25) is 0 Å². The quantitative estimate of drug-likeness (QED) is 0.416. The van der Waals surface area contributed by atoms with E-state index in [0.717, 1.165) is 18.9 Å². The molecular formula is C18H33NO5. The first-order chi connectivity index (χ1) is 11.2. The van der Waals surface area contributed by atoms with Crippen molar-refractivity contribution in [3.8, 4) is 0 Å². The molecular weight excluding hydrogens is 310 g/mol. The number of nitrogens with two attached hydrogens (primary N) is 1. The van der Waals surface area contributed by atoms with Crippen molar-refractivity contribution in [3.63, 3.8) is 0 Å². The monoisotopic (exact) mass is 343 g/mol. The second kappa shape index (κ2) is 11.2. The average Bonchev–Trinajstić information content (AvgIpc) is 2.51. The van der Waals surface area contributed by atoms with E-state index in [1.165, 1.54) is 0 Å². The van der Waals surface area contributed by atoms with Gasteiger partial charge in [-0.05, 0) is 24.7 Å². The van der Waals surface area contributed by atoms with Crippen LogP contribution >= 0.6 is 0 Å². The summed E-state index contributed by atoms with van der Waals surface area (Å²) in [5, 5.41) is 9.73. The molecule has 0 amide bonds. The number of esters is 2. The van der Waals surface area contributed by atoms with Crippen LogP contribution in [0.4, 0.5) is 0 Å². The Kier molecular flexibility index (Phi) is 10.6. The SMILES string of the molecule is C=CC(=O)OCC(CCC)C(COC(=O)CC(C)N)C(C)(C)CO. The molecule has 140 valence electrons. The molecule has 3 N–H and O–H groups in total. The molecule has 24 heavy (non-hydrogen) atoms. The minimum atomic E-state index is -0.481. The summed E-state index contributed by atoms with van der Waals surface area (Å²) < 4.78 is 10.6. The fourth-order valence-corrected chi connectivity index (χ4v) is 2.64. The van der Waals surface area contributed by atoms with Crippen molar-refractivity contribution in [3.05, 3.63) is 12.7 Å². The summed E-state index contributed by atoms with van der Waals surface area (Å²) in [5.41, 5.74) is 5.13. The Bertz CT molecular complexity index is 406. The number of rotatable bonds is 12. The van der Waals surface area contributed by atoms with Crippen molar-refractivity contribution in [2.75, 3.05) is 19.8 Å². The van der Waals surface area contributed by atoms with Crippen molar-refractivity contribution in [2.45, 2.75) is 53.0 Å². The molecule has 0 aromatic heterocycles. The van der Waals surface area contributed by atoms with Crippen LogP contribution in [0.3, 0.4) is 0 Å². The summed E-state index contributed by atoms with van der Waals surface area (Å²) >= 11 is 0. The fourth-order valence-electron chi connectivity index (χ4n) is 2.64. The van der Waals surface area contributed by atoms with Crippen molar-refractivity contribution in [2.24, 2.45) is 23.0 Å². The Hall–Kier alpha value is -1.40. The maximum absolute atomic E-state index is 11.8. The van der Waals surface area contributed by atoms with Crippen LogP contribution in [0.5, 0.6) is 0 Å². The van der Waals surface area contributed by atoms with Crippen LogP contribution in [0, 0.1) is 17.3 Å². The standard InChI is InChI=1S/C18H33NO5/c1-6-8-14(10-23-16(21)7-2)15(18(4,5)12-20)11-24-17(22)9-13(3)19/h7,13-15,20H,2,6,8-12,19H2,1,3-5H3. The normalized spacial score (nSPS) is 15.2. The lowest BCUT2D eigenvalue weighted by Gasteiger charge is -2.37. The zero-order valence-corrected chi connectivity index (χ0v) is 15.4. The topological polar surface area (TPSA) is 98.9 Å². The predicted octanol–water partition coefficient (Wildman–Crippen LogP) is 2.05. The van der Waals surface area contributed by atoms with Gasteiger partial charge in [0, 0.05) is 24.6 Å². The van der Waals surface area contributed by atoms with E-state index in [1.54, 1.807) is 6.92 Å². The summed E-state index contributed by atoms with van der Waals surface area (Å²) in [7, 11) is 0. The van der Waals surface area contributed by atoms with Crippen molar-refractivity contribution < 1.29 is 24.2 Å². The van der Waals surface area contributed by atoms with E-state index in [1.807, 2.05) is 20.8 Å². The highest BCUT2D eigenvalue weighted by molar-refractivity contribution is 5.81. The molecule has 0 aliphatic carbocycles. The predicted molar refractivity (Wildman–Crippen MR) is 93.1 cm³/mol. The Labute approximate surface area is 145 Å². The van der Waals surface area contributed by atoms with Gasteiger partial charge in [0.15, 0.2) is 0 Å². The van der Waals surface area contributed by atoms with E-state index in [-0.39, 0.29) is 50.1 Å². The Morgan fingerprint density at radius 3 is 2.38 bits per heavy atom. The lowest BCUT2D eigenvalue weighted by molar-refractivity contribution is -0.151. The summed E-state index contributed by atoms with van der Waals surface area (Å²) in [6.07, 6.45) is 2.96. The maximum Gasteiger partial charge on any atom is 0.330 e. The lowest BCUT2D eigenvalue weighted by atomic mass is 9.71. The molecule has 6 nitrogen and oxygen atoms in total. The number of carbonyl (C=O) groups is 2. The summed E-state index contributed by atoms with van der Waals surface area (Å²) in [4.78, 5) is 23.2. The van der Waals surface area contributed by atoms with Gasteiger partial charge in [-0.3, -0.25) is 4.79 Å². The molecule has 0 aliphatic heterocycles. The molecule has 0 spiro atoms. The second-order valence-corrected chi connectivity index (χ2v) is 7.00. The van der Waals surface area contributed by atoms with Gasteiger partial charge in [-0.15, -0.1) is 0 Å². The van der Waals surface area contributed by atoms with Crippen molar-refractivity contribution >= 4 is 11.9 Å². The highest BCUT2D eigenvalue weighted by atomic mass is 16.5. The zero-order chi connectivity index (χ0) is 18.8. The first-order valence-corrected chi connectivity index (χ1v) is 8.49. The Balaban J connectivity index is 5.06. The van der Waals surface area contributed by atoms with Gasteiger partial charge in [-0.2, -0.15) is 0 Å². The molecule has 0 saturated heterocycles. The van der Waals surface area contributed by atoms with Crippen molar-refractivity contribution in [1.82, 2.24) is 0 Å². The van der Waals surface area contributed by atoms with Gasteiger partial charge in [0.1, 0.15) is 0 Å². The molecule has 0 aromatic rings. The van der Waals surface area contributed by atoms with Crippen LogP contribution < -0.4 is 5.73 Å². The largest absolute Gasteiger partial charge is 0.465 e. The number of hydrogen-bond donors (Lipinski definition) is 2. The van der Waals surface area contributed by atoms with E-state index in [0.29, 0.717) is 0 Å². The molecule has 3 atom stereocenters. The molecule has 0 rings (SSSR count). The highest BCUT2D eigenvalue weighted by Crippen LogP contribution is 2.35. The smallest absolute Gasteiger partial charge is 0.330 e. The van der Waals surface area contributed by atoms with Crippen LogP contribution in [-0.2, 0) is 19.1 Å². The number of aliphatic hydroxyl groups excluding tert-OH is 1. The van der Waals surface area contributed by atoms with Crippen molar-refractivity contribution in [1.29, 1.82) is 0 Å². The van der Waals surface area contributed by atoms with Gasteiger partial charge in [-0.1, -0.05) is 33.8 Å². The third-order valence-electron chi connectivity index (χ3n) is 4.16. The Morgan fingerprint density at radius 2 is 1.92 bits per heavy atom. The van der Waals surface area contributed by atoms with Gasteiger partial charge in [0.05, 0.1) is 19.6 Å². The first-order valence-electron chi connectivity index (χ1n) is 8.49. The van der Waals surface area contributed by atoms with Crippen LogP contribution in [0.25, 0.3) is 0 Å². The highest BCUT2D eigenvalue weighted by Gasteiger charge is 2.36. The fraction of sp³-hybridized carbons (Fsp3) is 0.778. The maximum atomic E-state index is 11.8. The van der Waals surface area contributed by atoms with E-state index in [9.17, 15) is 14.7 Å². The van der Waals surface area contributed by atoms with Gasteiger partial charge in [0.25, 0.3) is 0 Å². The van der Waals surface area contributed by atoms with Gasteiger partial charge in [-0.25, -0.2) is 4.79 Å². The van der Waals surface area contributed by atoms with Crippen LogP contribution in [0.15, 0.2) is 12.7 Å². The van der Waals surface area contributed by atoms with Gasteiger partial charge < -0.3 is 20.3 Å². The van der Waals surface area contributed by atoms with E-state index < -0.39 is 11.4 Å². The molecule has 0 aromatic carbocycles. The summed E-state index contributed by atoms with van der Waals surface area (Å²) in [6, 6.07) is -0.262. The van der Waals surface area contributed by atoms with Crippen LogP contribution in [0.1, 0.15) is 47.0 Å². The number of carbonyl (C=O) groups excluding carboxylic acids is 2. The molecule has 0 saturated carbocycles. The molecule has 0 aliphatic rings. The molecule has 6 heteroatoms. The number of ether oxygens (including phenoxy) is 2. The summed E-state index contributed by atoms with van der Waals surface area (Å²) in [5.74, 6) is -1.01. The average molecular weight is 343 g/mol. The Morgan fingerprint density at radius 1 is 1.29 bits per heavy atom. The molecule has 0 radical (unpaired) electrons. The molecule has 0 fully saturated rings. The van der Waals surface area contributed by atoms with Gasteiger partial charge in [0.2, 0.25) is 0 Å². The molecule has 0 bridgehead atoms. The van der Waals surface area contributed by atoms with E-state index in [2.05, 4.69) is 6.58 Å². The van der Waals surface area contributed by atoms with Crippen LogP contribution in [-0.4, -0.2) is 42.9 Å². The lowest BCUT2D eigenvalue weighted by Crippen LogP contribution is -2.40. The van der Waals surface area contributed by atoms with E-state index in [4.69, 9.17) is 15.2 Å². The minimum absolute atomic E-state index is 0.0239. The molecule has 0 heterocycles. The van der Waals surface area contributed by atoms with E-state index >= 15 is 0 Å².